The zero-order chi connectivity index (χ0) is 19.2. The van der Waals surface area contributed by atoms with Crippen LogP contribution in [0.15, 0.2) is 12.4 Å². The maximum Gasteiger partial charge on any atom is 0.421 e. The number of hydrogen-bond acceptors (Lipinski definition) is 6. The number of halogens is 3. The molecular formula is C17H21F3N6O. The lowest BCUT2D eigenvalue weighted by Gasteiger charge is -2.28. The van der Waals surface area contributed by atoms with E-state index >= 15 is 0 Å². The lowest BCUT2D eigenvalue weighted by Crippen LogP contribution is -2.27. The predicted molar refractivity (Wildman–Crippen MR) is 93.0 cm³/mol. The molecule has 0 aromatic carbocycles. The summed E-state index contributed by atoms with van der Waals surface area (Å²) in [4.78, 5) is 7.75. The van der Waals surface area contributed by atoms with Gasteiger partial charge in [-0.1, -0.05) is 0 Å². The third-order valence-corrected chi connectivity index (χ3v) is 5.13. The van der Waals surface area contributed by atoms with Gasteiger partial charge in [-0.25, -0.2) is 4.98 Å². The number of ether oxygens (including phenoxy) is 1. The molecule has 2 bridgehead atoms. The number of aromatic nitrogens is 4. The van der Waals surface area contributed by atoms with Crippen molar-refractivity contribution in [2.75, 3.05) is 17.7 Å². The SMILES string of the molecule is CNc1nc(Nc2cn(C3C[C@@H]4CC[C@@H](C3)O4)nc2C)ncc1C(F)(F)F. The van der Waals surface area contributed by atoms with Gasteiger partial charge in [0.2, 0.25) is 5.95 Å². The van der Waals surface area contributed by atoms with Gasteiger partial charge in [-0.3, -0.25) is 4.68 Å². The molecule has 0 spiro atoms. The molecule has 2 aromatic heterocycles. The first-order valence-electron chi connectivity index (χ1n) is 8.93. The lowest BCUT2D eigenvalue weighted by molar-refractivity contribution is -0.137. The highest BCUT2D eigenvalue weighted by molar-refractivity contribution is 5.57. The molecule has 2 fully saturated rings. The van der Waals surface area contributed by atoms with Crippen LogP contribution in [0.4, 0.5) is 30.6 Å². The molecule has 2 N–H and O–H groups in total. The Bertz CT molecular complexity index is 825. The minimum Gasteiger partial charge on any atom is -0.375 e. The molecule has 0 unspecified atom stereocenters. The maximum absolute atomic E-state index is 13.0. The molecule has 7 nitrogen and oxygen atoms in total. The number of nitrogens with zero attached hydrogens (tertiary/aromatic N) is 4. The Balaban J connectivity index is 1.54. The van der Waals surface area contributed by atoms with Crippen molar-refractivity contribution >= 4 is 17.5 Å². The van der Waals surface area contributed by atoms with Gasteiger partial charge in [0, 0.05) is 19.4 Å². The van der Waals surface area contributed by atoms with Gasteiger partial charge in [0.05, 0.1) is 29.6 Å². The predicted octanol–water partition coefficient (Wildman–Crippen LogP) is 3.67. The van der Waals surface area contributed by atoms with Crippen LogP contribution < -0.4 is 10.6 Å². The summed E-state index contributed by atoms with van der Waals surface area (Å²) in [6.45, 7) is 1.84. The lowest BCUT2D eigenvalue weighted by atomic mass is 10.0. The van der Waals surface area contributed by atoms with Crippen LogP contribution in [0.25, 0.3) is 0 Å². The molecule has 2 aliphatic heterocycles. The number of anilines is 3. The third kappa shape index (κ3) is 3.58. The molecule has 4 rings (SSSR count). The Hall–Kier alpha value is -2.36. The van der Waals surface area contributed by atoms with Crippen molar-refractivity contribution in [2.24, 2.45) is 0 Å². The van der Waals surface area contributed by atoms with Crippen molar-refractivity contribution in [3.05, 3.63) is 23.7 Å². The second kappa shape index (κ2) is 6.66. The summed E-state index contributed by atoms with van der Waals surface area (Å²) in [7, 11) is 1.39. The average molecular weight is 382 g/mol. The van der Waals surface area contributed by atoms with Crippen LogP contribution in [-0.2, 0) is 10.9 Å². The van der Waals surface area contributed by atoms with E-state index in [9.17, 15) is 13.2 Å². The zero-order valence-electron chi connectivity index (χ0n) is 15.0. The number of alkyl halides is 3. The Kier molecular flexibility index (Phi) is 4.45. The largest absolute Gasteiger partial charge is 0.421 e. The van der Waals surface area contributed by atoms with E-state index in [0.717, 1.165) is 37.6 Å². The van der Waals surface area contributed by atoms with E-state index < -0.39 is 11.7 Å². The van der Waals surface area contributed by atoms with Gasteiger partial charge in [0.15, 0.2) is 0 Å². The van der Waals surface area contributed by atoms with Gasteiger partial charge in [0.1, 0.15) is 11.4 Å². The highest BCUT2D eigenvalue weighted by Gasteiger charge is 2.37. The molecule has 146 valence electrons. The minimum atomic E-state index is -4.51. The summed E-state index contributed by atoms with van der Waals surface area (Å²) in [5.74, 6) is -0.187. The molecular weight excluding hydrogens is 361 g/mol. The molecule has 2 atom stereocenters. The number of aryl methyl sites for hydroxylation is 1. The standard InChI is InChI=1S/C17H21F3N6O/c1-9-14(8-26(25-9)10-5-11-3-4-12(6-10)27-11)23-16-22-7-13(17(18,19)20)15(21-2)24-16/h7-8,10-12H,3-6H2,1-2H3,(H2,21,22,23,24)/t11-,12-/m0/s1. The van der Waals surface area contributed by atoms with Gasteiger partial charge in [-0.05, 0) is 32.6 Å². The second-order valence-electron chi connectivity index (χ2n) is 7.02. The van der Waals surface area contributed by atoms with Crippen LogP contribution in [-0.4, -0.2) is 39.0 Å². The molecule has 2 aromatic rings. The highest BCUT2D eigenvalue weighted by Crippen LogP contribution is 2.39. The van der Waals surface area contributed by atoms with E-state index in [1.54, 1.807) is 0 Å². The molecule has 0 aliphatic carbocycles. The number of rotatable bonds is 4. The summed E-state index contributed by atoms with van der Waals surface area (Å²) in [6.07, 6.45) is 2.77. The fourth-order valence-electron chi connectivity index (χ4n) is 3.80. The van der Waals surface area contributed by atoms with Gasteiger partial charge in [-0.2, -0.15) is 23.3 Å². The fraction of sp³-hybridized carbons (Fsp3) is 0.588. The smallest absolute Gasteiger partial charge is 0.375 e. The first-order valence-corrected chi connectivity index (χ1v) is 8.93. The van der Waals surface area contributed by atoms with Crippen molar-refractivity contribution in [3.8, 4) is 0 Å². The van der Waals surface area contributed by atoms with Crippen LogP contribution in [0, 0.1) is 6.92 Å². The number of nitrogens with one attached hydrogen (secondary N) is 2. The first kappa shape index (κ1) is 18.0. The van der Waals surface area contributed by atoms with Gasteiger partial charge in [0.25, 0.3) is 0 Å². The molecule has 0 radical (unpaired) electrons. The van der Waals surface area contributed by atoms with Crippen molar-refractivity contribution in [3.63, 3.8) is 0 Å². The van der Waals surface area contributed by atoms with Crippen LogP contribution in [0.5, 0.6) is 0 Å². The van der Waals surface area contributed by atoms with Gasteiger partial charge < -0.3 is 15.4 Å². The normalized spacial score (nSPS) is 24.9. The summed E-state index contributed by atoms with van der Waals surface area (Å²) >= 11 is 0. The molecule has 0 saturated carbocycles. The van der Waals surface area contributed by atoms with Crippen molar-refractivity contribution < 1.29 is 17.9 Å². The fourth-order valence-corrected chi connectivity index (χ4v) is 3.80. The van der Waals surface area contributed by atoms with Crippen LogP contribution in [0.1, 0.15) is 43.0 Å². The average Bonchev–Trinajstić information content (AvgIpc) is 3.15. The van der Waals surface area contributed by atoms with E-state index in [1.807, 2.05) is 17.8 Å². The summed E-state index contributed by atoms with van der Waals surface area (Å²) in [5.41, 5.74) is 0.514. The first-order chi connectivity index (χ1) is 12.8. The summed E-state index contributed by atoms with van der Waals surface area (Å²) in [6, 6.07) is 0.270. The monoisotopic (exact) mass is 382 g/mol. The minimum absolute atomic E-state index is 0.0852. The Morgan fingerprint density at radius 1 is 1.22 bits per heavy atom. The Labute approximate surface area is 154 Å². The van der Waals surface area contributed by atoms with Gasteiger partial charge >= 0.3 is 6.18 Å². The zero-order valence-corrected chi connectivity index (χ0v) is 15.0. The van der Waals surface area contributed by atoms with Crippen LogP contribution in [0.3, 0.4) is 0 Å². The quantitative estimate of drug-likeness (QED) is 0.840. The molecule has 27 heavy (non-hydrogen) atoms. The van der Waals surface area contributed by atoms with E-state index in [2.05, 4.69) is 25.7 Å². The summed E-state index contributed by atoms with van der Waals surface area (Å²) < 4.78 is 46.7. The molecule has 0 amide bonds. The summed E-state index contributed by atoms with van der Waals surface area (Å²) in [5, 5.41) is 10.0. The van der Waals surface area contributed by atoms with E-state index in [0.29, 0.717) is 17.9 Å². The molecule has 4 heterocycles. The van der Waals surface area contributed by atoms with Crippen molar-refractivity contribution in [1.29, 1.82) is 0 Å². The molecule has 2 saturated heterocycles. The second-order valence-corrected chi connectivity index (χ2v) is 7.02. The highest BCUT2D eigenvalue weighted by atomic mass is 19.4. The van der Waals surface area contributed by atoms with E-state index in [1.165, 1.54) is 7.05 Å². The third-order valence-electron chi connectivity index (χ3n) is 5.13. The number of hydrogen-bond donors (Lipinski definition) is 2. The maximum atomic E-state index is 13.0. The van der Waals surface area contributed by atoms with Crippen molar-refractivity contribution in [2.45, 2.75) is 57.0 Å². The Morgan fingerprint density at radius 2 is 1.93 bits per heavy atom. The number of fused-ring (bicyclic) bond motifs is 2. The molecule has 2 aliphatic rings. The van der Waals surface area contributed by atoms with Crippen molar-refractivity contribution in [1.82, 2.24) is 19.7 Å². The Morgan fingerprint density at radius 3 is 2.56 bits per heavy atom. The van der Waals surface area contributed by atoms with Crippen LogP contribution >= 0.6 is 0 Å². The topological polar surface area (TPSA) is 76.9 Å². The van der Waals surface area contributed by atoms with Gasteiger partial charge in [-0.15, -0.1) is 0 Å². The van der Waals surface area contributed by atoms with Crippen LogP contribution in [0.2, 0.25) is 0 Å². The molecule has 10 heteroatoms. The van der Waals surface area contributed by atoms with E-state index in [-0.39, 0.29) is 17.8 Å². The van der Waals surface area contributed by atoms with E-state index in [4.69, 9.17) is 4.74 Å².